The Labute approximate surface area is 286 Å². The fraction of sp³-hybridized carbons (Fsp3) is 0. The van der Waals surface area contributed by atoms with Crippen molar-refractivity contribution in [2.75, 3.05) is 0 Å². The van der Waals surface area contributed by atoms with Crippen LogP contribution in [0.25, 0.3) is 89.3 Å². The number of aromatic nitrogens is 7. The summed E-state index contributed by atoms with van der Waals surface area (Å²) in [7, 11) is 0. The van der Waals surface area contributed by atoms with Gasteiger partial charge in [-0.15, -0.1) is 0 Å². The zero-order valence-electron chi connectivity index (χ0n) is 26.7. The van der Waals surface area contributed by atoms with Gasteiger partial charge in [0.15, 0.2) is 17.5 Å². The third kappa shape index (κ3) is 4.48. The molecule has 4 heterocycles. The Hall–Kier alpha value is -6.99. The highest BCUT2D eigenvalue weighted by atomic mass is 15.0. The summed E-state index contributed by atoms with van der Waals surface area (Å²) in [6.07, 6.45) is 3.53. The van der Waals surface area contributed by atoms with Gasteiger partial charge in [-0.3, -0.25) is 0 Å². The van der Waals surface area contributed by atoms with Gasteiger partial charge >= 0.3 is 0 Å². The molecule has 0 spiro atoms. The third-order valence-electron chi connectivity index (χ3n) is 9.32. The lowest BCUT2D eigenvalue weighted by atomic mass is 10.1. The minimum atomic E-state index is 0.626. The molecule has 0 bridgehead atoms. The number of nitrogens with zero attached hydrogens (tertiary/aromatic N) is 7. The van der Waals surface area contributed by atoms with Crippen LogP contribution < -0.4 is 0 Å². The highest BCUT2D eigenvalue weighted by molar-refractivity contribution is 6.18. The maximum atomic E-state index is 4.94. The number of hydrogen-bond acceptors (Lipinski definition) is 5. The number of hydrogen-bond donors (Lipinski definition) is 0. The second-order valence-electron chi connectivity index (χ2n) is 12.3. The monoisotopic (exact) mass is 641 g/mol. The molecule has 0 radical (unpaired) electrons. The predicted molar refractivity (Wildman–Crippen MR) is 200 cm³/mol. The van der Waals surface area contributed by atoms with Crippen LogP contribution in [0.15, 0.2) is 164 Å². The van der Waals surface area contributed by atoms with Crippen molar-refractivity contribution in [2.45, 2.75) is 0 Å². The van der Waals surface area contributed by atoms with Crippen molar-refractivity contribution < 1.29 is 0 Å². The fourth-order valence-corrected chi connectivity index (χ4v) is 7.03. The maximum absolute atomic E-state index is 4.94. The van der Waals surface area contributed by atoms with E-state index in [2.05, 4.69) is 99.0 Å². The summed E-state index contributed by atoms with van der Waals surface area (Å²) in [5, 5.41) is 3.43. The van der Waals surface area contributed by atoms with E-state index in [1.54, 1.807) is 6.33 Å². The quantitative estimate of drug-likeness (QED) is 0.187. The van der Waals surface area contributed by atoms with E-state index in [1.807, 2.05) is 72.9 Å². The van der Waals surface area contributed by atoms with E-state index in [0.29, 0.717) is 17.5 Å². The Morgan fingerprint density at radius 3 is 1.54 bits per heavy atom. The van der Waals surface area contributed by atoms with Crippen LogP contribution in [0.5, 0.6) is 0 Å². The van der Waals surface area contributed by atoms with Gasteiger partial charge < -0.3 is 9.13 Å². The summed E-state index contributed by atoms with van der Waals surface area (Å²) < 4.78 is 4.59. The molecular formula is C43H27N7. The largest absolute Gasteiger partial charge is 0.309 e. The molecule has 0 saturated carbocycles. The second-order valence-corrected chi connectivity index (χ2v) is 12.3. The Morgan fingerprint density at radius 2 is 0.880 bits per heavy atom. The van der Waals surface area contributed by atoms with E-state index in [1.165, 1.54) is 10.8 Å². The van der Waals surface area contributed by atoms with Crippen LogP contribution >= 0.6 is 0 Å². The lowest BCUT2D eigenvalue weighted by molar-refractivity contribution is 1.07. The van der Waals surface area contributed by atoms with Crippen LogP contribution in [-0.4, -0.2) is 34.1 Å². The van der Waals surface area contributed by atoms with Crippen LogP contribution in [0.1, 0.15) is 0 Å². The SMILES string of the molecule is c1ccc(-c2nc(-c3ccccc3)nc(-c3ccc(-n4c5ccccc5c5cc6c(cc54)c4ncncc4n6-c4ccccc4)cc3)n2)cc1. The lowest BCUT2D eigenvalue weighted by Gasteiger charge is -2.11. The minimum Gasteiger partial charge on any atom is -0.309 e. The Kier molecular flexibility index (Phi) is 6.35. The van der Waals surface area contributed by atoms with Gasteiger partial charge in [0.2, 0.25) is 0 Å². The van der Waals surface area contributed by atoms with Crippen LogP contribution in [-0.2, 0) is 0 Å². The van der Waals surface area contributed by atoms with Gasteiger partial charge in [-0.25, -0.2) is 24.9 Å². The van der Waals surface area contributed by atoms with E-state index in [9.17, 15) is 0 Å². The van der Waals surface area contributed by atoms with E-state index in [4.69, 9.17) is 19.9 Å². The Bertz CT molecular complexity index is 2780. The molecule has 0 aliphatic rings. The molecule has 234 valence electrons. The van der Waals surface area contributed by atoms with Crippen molar-refractivity contribution in [1.82, 2.24) is 34.1 Å². The van der Waals surface area contributed by atoms with Crippen LogP contribution in [0.3, 0.4) is 0 Å². The molecule has 0 aliphatic heterocycles. The molecule has 0 unspecified atom stereocenters. The van der Waals surface area contributed by atoms with Crippen molar-refractivity contribution in [1.29, 1.82) is 0 Å². The van der Waals surface area contributed by atoms with E-state index >= 15 is 0 Å². The van der Waals surface area contributed by atoms with Crippen LogP contribution in [0.2, 0.25) is 0 Å². The smallest absolute Gasteiger partial charge is 0.164 e. The highest BCUT2D eigenvalue weighted by Gasteiger charge is 2.19. The first-order valence-electron chi connectivity index (χ1n) is 16.5. The first-order valence-corrected chi connectivity index (χ1v) is 16.5. The molecule has 4 aromatic heterocycles. The van der Waals surface area contributed by atoms with Crippen molar-refractivity contribution in [3.8, 4) is 45.5 Å². The first-order chi connectivity index (χ1) is 24.8. The Morgan fingerprint density at radius 1 is 0.380 bits per heavy atom. The average Bonchev–Trinajstić information content (AvgIpc) is 3.70. The average molecular weight is 642 g/mol. The summed E-state index contributed by atoms with van der Waals surface area (Å²) >= 11 is 0. The Balaban J connectivity index is 1.16. The number of para-hydroxylation sites is 2. The molecule has 7 nitrogen and oxygen atoms in total. The number of rotatable bonds is 5. The first kappa shape index (κ1) is 28.1. The number of fused-ring (bicyclic) bond motifs is 6. The normalized spacial score (nSPS) is 11.6. The lowest BCUT2D eigenvalue weighted by Crippen LogP contribution is -2.00. The van der Waals surface area contributed by atoms with Gasteiger partial charge in [-0.1, -0.05) is 97.1 Å². The molecule has 0 aliphatic carbocycles. The van der Waals surface area contributed by atoms with Crippen LogP contribution in [0.4, 0.5) is 0 Å². The van der Waals surface area contributed by atoms with E-state index in [0.717, 1.165) is 61.0 Å². The van der Waals surface area contributed by atoms with Crippen molar-refractivity contribution in [3.05, 3.63) is 164 Å². The molecule has 7 heteroatoms. The van der Waals surface area contributed by atoms with Gasteiger partial charge in [-0.05, 0) is 54.6 Å². The highest BCUT2D eigenvalue weighted by Crippen LogP contribution is 2.39. The zero-order chi connectivity index (χ0) is 33.0. The molecule has 0 fully saturated rings. The maximum Gasteiger partial charge on any atom is 0.164 e. The number of benzene rings is 6. The van der Waals surface area contributed by atoms with Gasteiger partial charge in [0.05, 0.1) is 33.8 Å². The molecule has 10 rings (SSSR count). The molecule has 0 amide bonds. The molecule has 0 saturated heterocycles. The molecule has 0 atom stereocenters. The molecule has 6 aromatic carbocycles. The molecule has 10 aromatic rings. The summed E-state index contributed by atoms with van der Waals surface area (Å²) in [6.45, 7) is 0. The summed E-state index contributed by atoms with van der Waals surface area (Å²) in [5.74, 6) is 1.91. The van der Waals surface area contributed by atoms with Gasteiger partial charge in [0.1, 0.15) is 6.33 Å². The molecule has 50 heavy (non-hydrogen) atoms. The van der Waals surface area contributed by atoms with Gasteiger partial charge in [-0.2, -0.15) is 0 Å². The van der Waals surface area contributed by atoms with Crippen molar-refractivity contribution in [2.24, 2.45) is 0 Å². The molecule has 0 N–H and O–H groups in total. The zero-order valence-corrected chi connectivity index (χ0v) is 26.7. The van der Waals surface area contributed by atoms with E-state index < -0.39 is 0 Å². The van der Waals surface area contributed by atoms with E-state index in [-0.39, 0.29) is 0 Å². The predicted octanol–water partition coefficient (Wildman–Crippen LogP) is 9.86. The third-order valence-corrected chi connectivity index (χ3v) is 9.32. The summed E-state index contributed by atoms with van der Waals surface area (Å²) in [5.41, 5.74) is 10.1. The van der Waals surface area contributed by atoms with Gasteiger partial charge in [0, 0.05) is 44.2 Å². The van der Waals surface area contributed by atoms with Crippen molar-refractivity contribution >= 4 is 43.7 Å². The molecular weight excluding hydrogens is 615 g/mol. The van der Waals surface area contributed by atoms with Crippen molar-refractivity contribution in [3.63, 3.8) is 0 Å². The topological polar surface area (TPSA) is 74.3 Å². The fourth-order valence-electron chi connectivity index (χ4n) is 7.03. The second kappa shape index (κ2) is 11.3. The standard InChI is InChI=1S/C43H27N7/c1-4-12-28(13-5-1)41-46-42(29-14-6-2-7-15-29)48-43(47-41)30-20-22-32(23-21-30)49-36-19-11-10-18-33(36)34-24-38-35(25-37(34)49)40-39(26-44-27-45-40)50(38)31-16-8-3-9-17-31/h1-27H. The minimum absolute atomic E-state index is 0.626. The van der Waals surface area contributed by atoms with Gasteiger partial charge in [0.25, 0.3) is 0 Å². The summed E-state index contributed by atoms with van der Waals surface area (Å²) in [4.78, 5) is 23.9. The summed E-state index contributed by atoms with van der Waals surface area (Å²) in [6, 6.07) is 52.2. The van der Waals surface area contributed by atoms with Crippen LogP contribution in [0, 0.1) is 0 Å².